The number of anilines is 1. The zero-order chi connectivity index (χ0) is 14.7. The number of nitrogens with one attached hydrogen (secondary N) is 1. The summed E-state index contributed by atoms with van der Waals surface area (Å²) in [4.78, 5) is 4.55. The Balaban J connectivity index is 1.71. The molecule has 1 N–H and O–H groups in total. The number of rotatable bonds is 4. The predicted molar refractivity (Wildman–Crippen MR) is 86.3 cm³/mol. The van der Waals surface area contributed by atoms with Gasteiger partial charge < -0.3 is 5.32 Å². The zero-order valence-electron chi connectivity index (χ0n) is 11.0. The van der Waals surface area contributed by atoms with E-state index in [9.17, 15) is 4.39 Å². The Hall–Kier alpha value is -1.91. The van der Waals surface area contributed by atoms with Crippen molar-refractivity contribution in [2.75, 3.05) is 5.32 Å². The third-order valence-electron chi connectivity index (χ3n) is 2.98. The number of nitrogens with zero attached hydrogens (tertiary/aromatic N) is 1. The maximum Gasteiger partial charge on any atom is 0.123 e. The summed E-state index contributed by atoms with van der Waals surface area (Å²) in [6.07, 6.45) is 0. The van der Waals surface area contributed by atoms with Gasteiger partial charge in [0, 0.05) is 10.9 Å². The van der Waals surface area contributed by atoms with E-state index in [0.717, 1.165) is 22.0 Å². The first-order chi connectivity index (χ1) is 10.2. The molecular weight excluding hydrogens is 307 g/mol. The molecule has 0 aliphatic heterocycles. The fourth-order valence-corrected chi connectivity index (χ4v) is 2.93. The summed E-state index contributed by atoms with van der Waals surface area (Å²) in [7, 11) is 0. The largest absolute Gasteiger partial charge is 0.378 e. The van der Waals surface area contributed by atoms with Crippen molar-refractivity contribution in [3.8, 4) is 10.6 Å². The monoisotopic (exact) mass is 318 g/mol. The molecule has 3 rings (SSSR count). The van der Waals surface area contributed by atoms with Crippen LogP contribution in [0.3, 0.4) is 0 Å². The Kier molecular flexibility index (Phi) is 4.18. The number of aromatic nitrogens is 1. The van der Waals surface area contributed by atoms with Gasteiger partial charge in [-0.2, -0.15) is 0 Å². The van der Waals surface area contributed by atoms with Crippen molar-refractivity contribution in [1.29, 1.82) is 0 Å². The molecule has 1 aromatic heterocycles. The van der Waals surface area contributed by atoms with Crippen LogP contribution in [0.1, 0.15) is 5.69 Å². The molecule has 0 aliphatic carbocycles. The van der Waals surface area contributed by atoms with Crippen LogP contribution < -0.4 is 5.32 Å². The molecule has 0 spiro atoms. The summed E-state index contributed by atoms with van der Waals surface area (Å²) in [6.45, 7) is 0.599. The van der Waals surface area contributed by atoms with Crippen LogP contribution in [-0.4, -0.2) is 4.98 Å². The Morgan fingerprint density at radius 1 is 1.10 bits per heavy atom. The molecule has 21 heavy (non-hydrogen) atoms. The van der Waals surface area contributed by atoms with Gasteiger partial charge >= 0.3 is 0 Å². The van der Waals surface area contributed by atoms with E-state index in [-0.39, 0.29) is 5.82 Å². The smallest absolute Gasteiger partial charge is 0.123 e. The second-order valence-electron chi connectivity index (χ2n) is 4.48. The third-order valence-corrected chi connectivity index (χ3v) is 4.25. The zero-order valence-corrected chi connectivity index (χ0v) is 12.6. The van der Waals surface area contributed by atoms with Crippen molar-refractivity contribution >= 4 is 28.6 Å². The molecule has 0 unspecified atom stereocenters. The van der Waals surface area contributed by atoms with E-state index >= 15 is 0 Å². The van der Waals surface area contributed by atoms with Gasteiger partial charge in [0.15, 0.2) is 0 Å². The van der Waals surface area contributed by atoms with E-state index in [2.05, 4.69) is 10.3 Å². The topological polar surface area (TPSA) is 24.9 Å². The number of thiazole rings is 1. The van der Waals surface area contributed by atoms with Crippen LogP contribution in [0.2, 0.25) is 5.02 Å². The van der Waals surface area contributed by atoms with Crippen LogP contribution in [0, 0.1) is 5.82 Å². The second kappa shape index (κ2) is 6.24. The first-order valence-electron chi connectivity index (χ1n) is 6.41. The van der Waals surface area contributed by atoms with Gasteiger partial charge in [0.25, 0.3) is 0 Å². The molecule has 0 amide bonds. The van der Waals surface area contributed by atoms with Crippen molar-refractivity contribution in [2.24, 2.45) is 0 Å². The fourth-order valence-electron chi connectivity index (χ4n) is 1.90. The van der Waals surface area contributed by atoms with Crippen molar-refractivity contribution in [3.05, 3.63) is 70.4 Å². The summed E-state index contributed by atoms with van der Waals surface area (Å²) in [5, 5.41) is 6.81. The lowest BCUT2D eigenvalue weighted by molar-refractivity contribution is 0.628. The molecule has 2 aromatic carbocycles. The molecule has 106 valence electrons. The van der Waals surface area contributed by atoms with Gasteiger partial charge in [-0.25, -0.2) is 9.37 Å². The minimum atomic E-state index is -0.240. The Morgan fingerprint density at radius 2 is 1.86 bits per heavy atom. The summed E-state index contributed by atoms with van der Waals surface area (Å²) >= 11 is 7.63. The molecule has 5 heteroatoms. The number of hydrogen-bond acceptors (Lipinski definition) is 3. The van der Waals surface area contributed by atoms with Gasteiger partial charge in [0.05, 0.1) is 22.9 Å². The fraction of sp³-hybridized carbons (Fsp3) is 0.0625. The lowest BCUT2D eigenvalue weighted by Gasteiger charge is -2.05. The standard InChI is InChI=1S/C16H12ClFN2S/c17-14-3-1-2-4-15(14)19-9-13-10-21-16(20-13)11-5-7-12(18)8-6-11/h1-8,10,19H,9H2. The highest BCUT2D eigenvalue weighted by molar-refractivity contribution is 7.13. The molecule has 0 aliphatic rings. The number of para-hydroxylation sites is 1. The van der Waals surface area contributed by atoms with Gasteiger partial charge in [-0.3, -0.25) is 0 Å². The van der Waals surface area contributed by atoms with E-state index in [1.54, 1.807) is 23.5 Å². The molecule has 0 bridgehead atoms. The third kappa shape index (κ3) is 3.40. The molecular formula is C16H12ClFN2S. The van der Waals surface area contributed by atoms with Gasteiger partial charge in [0.2, 0.25) is 0 Å². The summed E-state index contributed by atoms with van der Waals surface area (Å²) in [5.74, 6) is -0.240. The first kappa shape index (κ1) is 14.0. The Bertz CT molecular complexity index is 740. The van der Waals surface area contributed by atoms with Crippen LogP contribution >= 0.6 is 22.9 Å². The summed E-state index contributed by atoms with van der Waals surface area (Å²) < 4.78 is 12.9. The SMILES string of the molecule is Fc1ccc(-c2nc(CNc3ccccc3Cl)cs2)cc1. The molecule has 2 nitrogen and oxygen atoms in total. The van der Waals surface area contributed by atoms with Crippen molar-refractivity contribution in [3.63, 3.8) is 0 Å². The molecule has 0 saturated heterocycles. The molecule has 1 heterocycles. The van der Waals surface area contributed by atoms with Gasteiger partial charge in [0.1, 0.15) is 10.8 Å². The van der Waals surface area contributed by atoms with E-state index in [1.807, 2.05) is 29.6 Å². The first-order valence-corrected chi connectivity index (χ1v) is 7.67. The van der Waals surface area contributed by atoms with Crippen LogP contribution in [0.25, 0.3) is 10.6 Å². The summed E-state index contributed by atoms with van der Waals surface area (Å²) in [6, 6.07) is 13.9. The second-order valence-corrected chi connectivity index (χ2v) is 5.75. The van der Waals surface area contributed by atoms with Crippen LogP contribution in [0.15, 0.2) is 53.9 Å². The predicted octanol–water partition coefficient (Wildman–Crippen LogP) is 5.21. The van der Waals surface area contributed by atoms with Crippen LogP contribution in [0.5, 0.6) is 0 Å². The lowest BCUT2D eigenvalue weighted by Crippen LogP contribution is -2.00. The number of hydrogen-bond donors (Lipinski definition) is 1. The highest BCUT2D eigenvalue weighted by atomic mass is 35.5. The maximum atomic E-state index is 12.9. The minimum Gasteiger partial charge on any atom is -0.378 e. The molecule has 0 fully saturated rings. The normalized spacial score (nSPS) is 10.6. The van der Waals surface area contributed by atoms with Crippen LogP contribution in [0.4, 0.5) is 10.1 Å². The maximum absolute atomic E-state index is 12.9. The minimum absolute atomic E-state index is 0.240. The Labute approximate surface area is 131 Å². The average molecular weight is 319 g/mol. The molecule has 0 saturated carbocycles. The van der Waals surface area contributed by atoms with Crippen molar-refractivity contribution in [1.82, 2.24) is 4.98 Å². The van der Waals surface area contributed by atoms with Gasteiger partial charge in [-0.05, 0) is 36.4 Å². The van der Waals surface area contributed by atoms with Gasteiger partial charge in [-0.1, -0.05) is 23.7 Å². The molecule has 0 atom stereocenters. The molecule has 3 aromatic rings. The number of halogens is 2. The Morgan fingerprint density at radius 3 is 2.62 bits per heavy atom. The quantitative estimate of drug-likeness (QED) is 0.714. The highest BCUT2D eigenvalue weighted by Gasteiger charge is 2.05. The van der Waals surface area contributed by atoms with E-state index in [4.69, 9.17) is 11.6 Å². The number of benzene rings is 2. The van der Waals surface area contributed by atoms with Crippen molar-refractivity contribution < 1.29 is 4.39 Å². The average Bonchev–Trinajstić information content (AvgIpc) is 2.96. The highest BCUT2D eigenvalue weighted by Crippen LogP contribution is 2.25. The van der Waals surface area contributed by atoms with E-state index < -0.39 is 0 Å². The van der Waals surface area contributed by atoms with E-state index in [0.29, 0.717) is 11.6 Å². The summed E-state index contributed by atoms with van der Waals surface area (Å²) in [5.41, 5.74) is 2.74. The lowest BCUT2D eigenvalue weighted by atomic mass is 10.2. The molecule has 0 radical (unpaired) electrons. The van der Waals surface area contributed by atoms with Crippen LogP contribution in [-0.2, 0) is 6.54 Å². The van der Waals surface area contributed by atoms with E-state index in [1.165, 1.54) is 12.1 Å². The van der Waals surface area contributed by atoms with Gasteiger partial charge in [-0.15, -0.1) is 11.3 Å². The van der Waals surface area contributed by atoms with Crippen molar-refractivity contribution in [2.45, 2.75) is 6.54 Å².